The van der Waals surface area contributed by atoms with Gasteiger partial charge in [0.2, 0.25) is 0 Å². The van der Waals surface area contributed by atoms with Crippen molar-refractivity contribution in [1.29, 1.82) is 0 Å². The van der Waals surface area contributed by atoms with Gasteiger partial charge in [0.25, 0.3) is 0 Å². The summed E-state index contributed by atoms with van der Waals surface area (Å²) in [6, 6.07) is 12.2. The first-order valence-electron chi connectivity index (χ1n) is 6.42. The summed E-state index contributed by atoms with van der Waals surface area (Å²) in [5, 5.41) is 16.3. The summed E-state index contributed by atoms with van der Waals surface area (Å²) in [4.78, 5) is 0. The van der Waals surface area contributed by atoms with E-state index >= 15 is 0 Å². The summed E-state index contributed by atoms with van der Waals surface area (Å²) >= 11 is 0. The van der Waals surface area contributed by atoms with Crippen LogP contribution in [0.25, 0.3) is 5.65 Å². The fourth-order valence-electron chi connectivity index (χ4n) is 2.72. The van der Waals surface area contributed by atoms with E-state index in [-0.39, 0.29) is 5.92 Å². The van der Waals surface area contributed by atoms with Crippen LogP contribution in [-0.2, 0) is 0 Å². The SMILES string of the molecule is c1ccc2c(c1)NCCC2c1nnc2cccnn12. The molecule has 94 valence electrons. The van der Waals surface area contributed by atoms with Crippen molar-refractivity contribution in [3.05, 3.63) is 54.0 Å². The lowest BCUT2D eigenvalue weighted by molar-refractivity contribution is 0.649. The number of para-hydroxylation sites is 1. The normalized spacial score (nSPS) is 18.0. The minimum atomic E-state index is 0.252. The van der Waals surface area contributed by atoms with Crippen LogP contribution >= 0.6 is 0 Å². The van der Waals surface area contributed by atoms with Crippen molar-refractivity contribution in [2.24, 2.45) is 0 Å². The van der Waals surface area contributed by atoms with Gasteiger partial charge in [-0.15, -0.1) is 10.2 Å². The van der Waals surface area contributed by atoms with Crippen LogP contribution in [0.15, 0.2) is 42.6 Å². The number of nitrogens with zero attached hydrogens (tertiary/aromatic N) is 4. The molecule has 4 rings (SSSR count). The average Bonchev–Trinajstić information content (AvgIpc) is 2.90. The second-order valence-corrected chi connectivity index (χ2v) is 4.71. The summed E-state index contributed by atoms with van der Waals surface area (Å²) in [6.07, 6.45) is 2.78. The molecule has 1 aromatic carbocycles. The zero-order valence-electron chi connectivity index (χ0n) is 10.3. The highest BCUT2D eigenvalue weighted by molar-refractivity contribution is 5.56. The van der Waals surface area contributed by atoms with Crippen molar-refractivity contribution >= 4 is 11.3 Å². The number of benzene rings is 1. The van der Waals surface area contributed by atoms with Crippen molar-refractivity contribution in [1.82, 2.24) is 19.8 Å². The number of aromatic nitrogens is 4. The van der Waals surface area contributed by atoms with Gasteiger partial charge < -0.3 is 5.32 Å². The highest BCUT2D eigenvalue weighted by Gasteiger charge is 2.25. The van der Waals surface area contributed by atoms with Crippen LogP contribution in [0.3, 0.4) is 0 Å². The molecule has 2 aromatic heterocycles. The molecule has 0 saturated carbocycles. The molecule has 1 aliphatic heterocycles. The highest BCUT2D eigenvalue weighted by atomic mass is 15.4. The molecular formula is C14H13N5. The van der Waals surface area contributed by atoms with Crippen molar-refractivity contribution < 1.29 is 0 Å². The van der Waals surface area contributed by atoms with Crippen LogP contribution in [0, 0.1) is 0 Å². The Labute approximate surface area is 110 Å². The number of nitrogens with one attached hydrogen (secondary N) is 1. The molecule has 1 aliphatic rings. The van der Waals surface area contributed by atoms with Crippen molar-refractivity contribution in [3.63, 3.8) is 0 Å². The van der Waals surface area contributed by atoms with Crippen LogP contribution in [0.5, 0.6) is 0 Å². The molecule has 5 nitrogen and oxygen atoms in total. The smallest absolute Gasteiger partial charge is 0.177 e. The van der Waals surface area contributed by atoms with Crippen LogP contribution in [0.1, 0.15) is 23.7 Å². The van der Waals surface area contributed by atoms with Gasteiger partial charge in [0, 0.05) is 24.3 Å². The van der Waals surface area contributed by atoms with Gasteiger partial charge >= 0.3 is 0 Å². The van der Waals surface area contributed by atoms with E-state index in [1.807, 2.05) is 22.7 Å². The third-order valence-electron chi connectivity index (χ3n) is 3.60. The van der Waals surface area contributed by atoms with E-state index in [1.54, 1.807) is 6.20 Å². The van der Waals surface area contributed by atoms with E-state index < -0.39 is 0 Å². The predicted molar refractivity (Wildman–Crippen MR) is 72.2 cm³/mol. The summed E-state index contributed by atoms with van der Waals surface area (Å²) in [5.41, 5.74) is 3.26. The Balaban J connectivity index is 1.90. The predicted octanol–water partition coefficient (Wildman–Crippen LogP) is 2.07. The number of rotatable bonds is 1. The molecule has 1 atom stereocenters. The van der Waals surface area contributed by atoms with Crippen LogP contribution in [0.4, 0.5) is 5.69 Å². The standard InChI is InChI=1S/C14H13N5/c1-2-5-12-10(4-1)11(7-9-15-12)14-18-17-13-6-3-8-16-19(13)14/h1-6,8,11,15H,7,9H2. The average molecular weight is 251 g/mol. The zero-order chi connectivity index (χ0) is 12.7. The van der Waals surface area contributed by atoms with E-state index in [2.05, 4.69) is 38.8 Å². The molecule has 1 unspecified atom stereocenters. The molecule has 0 saturated heterocycles. The van der Waals surface area contributed by atoms with E-state index in [9.17, 15) is 0 Å². The number of anilines is 1. The lowest BCUT2D eigenvalue weighted by Crippen LogP contribution is -2.19. The molecule has 1 N–H and O–H groups in total. The third kappa shape index (κ3) is 1.58. The minimum Gasteiger partial charge on any atom is -0.385 e. The largest absolute Gasteiger partial charge is 0.385 e. The molecule has 19 heavy (non-hydrogen) atoms. The molecule has 3 aromatic rings. The Hall–Kier alpha value is -2.43. The summed E-state index contributed by atoms with van der Waals surface area (Å²) < 4.78 is 1.84. The fraction of sp³-hybridized carbons (Fsp3) is 0.214. The van der Waals surface area contributed by atoms with Crippen LogP contribution < -0.4 is 5.32 Å². The van der Waals surface area contributed by atoms with E-state index in [1.165, 1.54) is 11.3 Å². The Morgan fingerprint density at radius 1 is 1.11 bits per heavy atom. The second-order valence-electron chi connectivity index (χ2n) is 4.71. The molecule has 0 radical (unpaired) electrons. The Bertz CT molecular complexity index is 733. The van der Waals surface area contributed by atoms with Crippen LogP contribution in [0.2, 0.25) is 0 Å². The maximum atomic E-state index is 4.36. The summed E-state index contributed by atoms with van der Waals surface area (Å²) in [5.74, 6) is 1.17. The Morgan fingerprint density at radius 2 is 2.05 bits per heavy atom. The maximum absolute atomic E-state index is 4.36. The highest BCUT2D eigenvalue weighted by Crippen LogP contribution is 2.35. The van der Waals surface area contributed by atoms with E-state index in [4.69, 9.17) is 0 Å². The number of hydrogen-bond donors (Lipinski definition) is 1. The van der Waals surface area contributed by atoms with E-state index in [0.29, 0.717) is 0 Å². The van der Waals surface area contributed by atoms with Gasteiger partial charge in [-0.05, 0) is 30.2 Å². The lowest BCUT2D eigenvalue weighted by atomic mass is 9.90. The monoisotopic (exact) mass is 251 g/mol. The van der Waals surface area contributed by atoms with E-state index in [0.717, 1.165) is 24.4 Å². The summed E-state index contributed by atoms with van der Waals surface area (Å²) in [6.45, 7) is 0.948. The molecule has 0 aliphatic carbocycles. The molecule has 0 bridgehead atoms. The first-order valence-corrected chi connectivity index (χ1v) is 6.42. The fourth-order valence-corrected chi connectivity index (χ4v) is 2.72. The van der Waals surface area contributed by atoms with Crippen molar-refractivity contribution in [2.45, 2.75) is 12.3 Å². The third-order valence-corrected chi connectivity index (χ3v) is 3.60. The van der Waals surface area contributed by atoms with Gasteiger partial charge in [-0.3, -0.25) is 0 Å². The second kappa shape index (κ2) is 4.05. The molecule has 5 heteroatoms. The molecule has 0 fully saturated rings. The first kappa shape index (κ1) is 10.5. The molecule has 0 amide bonds. The van der Waals surface area contributed by atoms with Gasteiger partial charge in [-0.2, -0.15) is 9.61 Å². The number of hydrogen-bond acceptors (Lipinski definition) is 4. The van der Waals surface area contributed by atoms with Crippen molar-refractivity contribution in [2.75, 3.05) is 11.9 Å². The van der Waals surface area contributed by atoms with Gasteiger partial charge in [0.15, 0.2) is 11.5 Å². The summed E-state index contributed by atoms with van der Waals surface area (Å²) in [7, 11) is 0. The first-order chi connectivity index (χ1) is 9.43. The topological polar surface area (TPSA) is 55.1 Å². The zero-order valence-corrected chi connectivity index (χ0v) is 10.3. The molecule has 3 heterocycles. The van der Waals surface area contributed by atoms with Gasteiger partial charge in [0.1, 0.15) is 0 Å². The minimum absolute atomic E-state index is 0.252. The lowest BCUT2D eigenvalue weighted by Gasteiger charge is -2.25. The van der Waals surface area contributed by atoms with Crippen molar-refractivity contribution in [3.8, 4) is 0 Å². The Kier molecular flexibility index (Phi) is 2.24. The Morgan fingerprint density at radius 3 is 3.05 bits per heavy atom. The van der Waals surface area contributed by atoms with Crippen LogP contribution in [-0.4, -0.2) is 26.4 Å². The van der Waals surface area contributed by atoms with Gasteiger partial charge in [-0.25, -0.2) is 0 Å². The maximum Gasteiger partial charge on any atom is 0.177 e. The van der Waals surface area contributed by atoms with Gasteiger partial charge in [0.05, 0.1) is 0 Å². The van der Waals surface area contributed by atoms with Gasteiger partial charge in [-0.1, -0.05) is 18.2 Å². The molecular weight excluding hydrogens is 238 g/mol. The number of fused-ring (bicyclic) bond motifs is 2. The molecule has 0 spiro atoms. The quantitative estimate of drug-likeness (QED) is 0.719.